The van der Waals surface area contributed by atoms with Crippen LogP contribution in [0.3, 0.4) is 0 Å². The molecule has 4 rings (SSSR count). The Morgan fingerprint density at radius 2 is 1.79 bits per heavy atom. The Kier molecular flexibility index (Phi) is 5.78. The number of para-hydroxylation sites is 1. The number of nitrogens with one attached hydrogen (secondary N) is 3. The van der Waals surface area contributed by atoms with Crippen LogP contribution in [0.4, 0.5) is 39.5 Å². The Morgan fingerprint density at radius 1 is 1.03 bits per heavy atom. The Labute approximate surface area is 184 Å². The van der Waals surface area contributed by atoms with E-state index in [0.717, 1.165) is 6.07 Å². The number of carbonyl (C=O) groups is 1. The number of benzene rings is 3. The molecule has 11 heteroatoms. The van der Waals surface area contributed by atoms with Crippen LogP contribution in [-0.4, -0.2) is 22.6 Å². The molecule has 5 N–H and O–H groups in total. The van der Waals surface area contributed by atoms with Crippen LogP contribution in [0.5, 0.6) is 5.75 Å². The quantitative estimate of drug-likeness (QED) is 0.282. The van der Waals surface area contributed by atoms with Crippen LogP contribution in [0.1, 0.15) is 5.56 Å². The molecule has 4 aromatic rings. The maximum absolute atomic E-state index is 13.1. The molecule has 0 atom stereocenters. The van der Waals surface area contributed by atoms with E-state index in [0.29, 0.717) is 22.0 Å². The lowest BCUT2D eigenvalue weighted by Crippen LogP contribution is -2.22. The second-order valence-corrected chi connectivity index (χ2v) is 6.97. The van der Waals surface area contributed by atoms with E-state index in [1.807, 2.05) is 0 Å². The van der Waals surface area contributed by atoms with Crippen molar-refractivity contribution >= 4 is 34.1 Å². The van der Waals surface area contributed by atoms with Crippen molar-refractivity contribution in [3.05, 3.63) is 66.2 Å². The molecule has 170 valence electrons. The minimum Gasteiger partial charge on any atom is -0.404 e. The van der Waals surface area contributed by atoms with Crippen molar-refractivity contribution in [3.63, 3.8) is 0 Å². The van der Waals surface area contributed by atoms with Gasteiger partial charge in [-0.1, -0.05) is 36.4 Å². The summed E-state index contributed by atoms with van der Waals surface area (Å²) in [5, 5.41) is 11.9. The second kappa shape index (κ2) is 8.69. The first-order chi connectivity index (χ1) is 15.7. The molecule has 0 aliphatic heterocycles. The SMILES string of the molecule is Nc1n[nH]c2cccc(-c3ccc(NC(=O)Nc4ccccc4CF)c(OC(F)(F)F)c3)c12. The first-order valence-electron chi connectivity index (χ1n) is 9.60. The van der Waals surface area contributed by atoms with E-state index in [2.05, 4.69) is 25.6 Å². The molecule has 0 spiro atoms. The summed E-state index contributed by atoms with van der Waals surface area (Å²) in [6, 6.07) is 14.3. The van der Waals surface area contributed by atoms with Crippen LogP contribution in [0.2, 0.25) is 0 Å². The molecule has 0 aliphatic rings. The number of nitrogen functional groups attached to an aromatic ring is 1. The monoisotopic (exact) mass is 459 g/mol. The van der Waals surface area contributed by atoms with Crippen molar-refractivity contribution in [2.45, 2.75) is 13.0 Å². The zero-order valence-electron chi connectivity index (χ0n) is 16.8. The van der Waals surface area contributed by atoms with Crippen molar-refractivity contribution in [2.24, 2.45) is 0 Å². The van der Waals surface area contributed by atoms with Crippen LogP contribution >= 0.6 is 0 Å². The van der Waals surface area contributed by atoms with Crippen LogP contribution in [0.15, 0.2) is 60.7 Å². The average molecular weight is 459 g/mol. The number of anilines is 3. The number of amides is 2. The Balaban J connectivity index is 1.68. The van der Waals surface area contributed by atoms with Crippen LogP contribution in [-0.2, 0) is 6.67 Å². The van der Waals surface area contributed by atoms with Crippen LogP contribution in [0.25, 0.3) is 22.0 Å². The Morgan fingerprint density at radius 3 is 2.55 bits per heavy atom. The number of carbonyl (C=O) groups excluding carboxylic acids is 1. The van der Waals surface area contributed by atoms with E-state index in [4.69, 9.17) is 5.73 Å². The van der Waals surface area contributed by atoms with Gasteiger partial charge >= 0.3 is 12.4 Å². The van der Waals surface area contributed by atoms with Gasteiger partial charge in [0.15, 0.2) is 11.6 Å². The number of hydrogen-bond acceptors (Lipinski definition) is 4. The highest BCUT2D eigenvalue weighted by atomic mass is 19.4. The first kappa shape index (κ1) is 21.9. The van der Waals surface area contributed by atoms with Gasteiger partial charge in [0, 0.05) is 11.3 Å². The third kappa shape index (κ3) is 4.81. The molecule has 0 saturated heterocycles. The molecule has 1 heterocycles. The second-order valence-electron chi connectivity index (χ2n) is 6.97. The molecule has 2 amide bonds. The molecule has 0 fully saturated rings. The summed E-state index contributed by atoms with van der Waals surface area (Å²) in [4.78, 5) is 12.4. The predicted octanol–water partition coefficient (Wildman–Crippen LogP) is 5.82. The number of urea groups is 1. The molecule has 33 heavy (non-hydrogen) atoms. The number of hydrogen-bond donors (Lipinski definition) is 4. The Bertz CT molecular complexity index is 1320. The van der Waals surface area contributed by atoms with Gasteiger partial charge in [-0.2, -0.15) is 5.10 Å². The summed E-state index contributed by atoms with van der Waals surface area (Å²) < 4.78 is 56.5. The number of nitrogens with zero attached hydrogens (tertiary/aromatic N) is 1. The number of aromatic nitrogens is 2. The van der Waals surface area contributed by atoms with Gasteiger partial charge < -0.3 is 21.1 Å². The van der Waals surface area contributed by atoms with Gasteiger partial charge in [-0.25, -0.2) is 9.18 Å². The van der Waals surface area contributed by atoms with Gasteiger partial charge in [0.2, 0.25) is 0 Å². The fraction of sp³-hybridized carbons (Fsp3) is 0.0909. The predicted molar refractivity (Wildman–Crippen MR) is 117 cm³/mol. The van der Waals surface area contributed by atoms with E-state index in [1.165, 1.54) is 24.3 Å². The highest BCUT2D eigenvalue weighted by Gasteiger charge is 2.32. The van der Waals surface area contributed by atoms with Gasteiger partial charge in [0.05, 0.1) is 16.6 Å². The lowest BCUT2D eigenvalue weighted by atomic mass is 10.0. The first-order valence-corrected chi connectivity index (χ1v) is 9.60. The molecular formula is C22H17F4N5O2. The molecular weight excluding hydrogens is 442 g/mol. The zero-order chi connectivity index (χ0) is 23.6. The normalized spacial score (nSPS) is 11.4. The smallest absolute Gasteiger partial charge is 0.404 e. The molecule has 0 saturated carbocycles. The maximum atomic E-state index is 13.1. The molecule has 7 nitrogen and oxygen atoms in total. The summed E-state index contributed by atoms with van der Waals surface area (Å²) >= 11 is 0. The van der Waals surface area contributed by atoms with E-state index >= 15 is 0 Å². The number of halogens is 4. The van der Waals surface area contributed by atoms with Crippen LogP contribution in [0, 0.1) is 0 Å². The molecule has 0 radical (unpaired) electrons. The molecule has 3 aromatic carbocycles. The van der Waals surface area contributed by atoms with Crippen molar-refractivity contribution in [1.82, 2.24) is 10.2 Å². The number of rotatable bonds is 5. The number of ether oxygens (including phenoxy) is 1. The van der Waals surface area contributed by atoms with Crippen molar-refractivity contribution in [1.29, 1.82) is 0 Å². The largest absolute Gasteiger partial charge is 0.573 e. The number of H-pyrrole nitrogens is 1. The van der Waals surface area contributed by atoms with Gasteiger partial charge in [-0.05, 0) is 35.4 Å². The van der Waals surface area contributed by atoms with E-state index in [9.17, 15) is 22.4 Å². The average Bonchev–Trinajstić information content (AvgIpc) is 3.15. The highest BCUT2D eigenvalue weighted by molar-refractivity contribution is 6.03. The third-order valence-corrected chi connectivity index (χ3v) is 4.79. The standard InChI is InChI=1S/C22H17F4N5O2/c23-11-13-4-1-2-6-15(13)28-21(32)29-16-9-8-12(10-18(16)33-22(24,25)26)14-5-3-7-17-19(14)20(27)31-30-17/h1-10H,11H2,(H3,27,30,31)(H2,28,29,32). The summed E-state index contributed by atoms with van der Waals surface area (Å²) in [6.45, 7) is -0.823. The maximum Gasteiger partial charge on any atom is 0.573 e. The van der Waals surface area contributed by atoms with Gasteiger partial charge in [0.25, 0.3) is 0 Å². The van der Waals surface area contributed by atoms with E-state index < -0.39 is 24.8 Å². The van der Waals surface area contributed by atoms with Crippen LogP contribution < -0.4 is 21.1 Å². The lowest BCUT2D eigenvalue weighted by molar-refractivity contribution is -0.274. The highest BCUT2D eigenvalue weighted by Crippen LogP contribution is 2.38. The van der Waals surface area contributed by atoms with E-state index in [-0.39, 0.29) is 22.8 Å². The number of fused-ring (bicyclic) bond motifs is 1. The lowest BCUT2D eigenvalue weighted by Gasteiger charge is -2.16. The summed E-state index contributed by atoms with van der Waals surface area (Å²) in [5.41, 5.74) is 7.57. The van der Waals surface area contributed by atoms with Gasteiger partial charge in [-0.15, -0.1) is 13.2 Å². The van der Waals surface area contributed by atoms with Gasteiger partial charge in [0.1, 0.15) is 6.67 Å². The summed E-state index contributed by atoms with van der Waals surface area (Å²) in [5.74, 6) is -0.444. The molecule has 0 bridgehead atoms. The number of alkyl halides is 4. The van der Waals surface area contributed by atoms with E-state index in [1.54, 1.807) is 30.3 Å². The fourth-order valence-corrected chi connectivity index (χ4v) is 3.38. The summed E-state index contributed by atoms with van der Waals surface area (Å²) in [6.07, 6.45) is -5.01. The molecule has 0 unspecified atom stereocenters. The molecule has 1 aromatic heterocycles. The third-order valence-electron chi connectivity index (χ3n) is 4.79. The van der Waals surface area contributed by atoms with Crippen molar-refractivity contribution in [3.8, 4) is 16.9 Å². The van der Waals surface area contributed by atoms with Crippen molar-refractivity contribution < 1.29 is 27.1 Å². The van der Waals surface area contributed by atoms with Gasteiger partial charge in [-0.3, -0.25) is 5.10 Å². The minimum atomic E-state index is -5.01. The topological polar surface area (TPSA) is 105 Å². The minimum absolute atomic E-state index is 0.187. The number of aromatic amines is 1. The molecule has 0 aliphatic carbocycles. The number of nitrogens with two attached hydrogens (primary N) is 1. The fourth-order valence-electron chi connectivity index (χ4n) is 3.38. The Hall–Kier alpha value is -4.28. The van der Waals surface area contributed by atoms with Crippen molar-refractivity contribution in [2.75, 3.05) is 16.4 Å². The zero-order valence-corrected chi connectivity index (χ0v) is 16.8. The summed E-state index contributed by atoms with van der Waals surface area (Å²) in [7, 11) is 0.